The molecule has 0 saturated carbocycles. The van der Waals surface area contributed by atoms with Gasteiger partial charge in [0.05, 0.1) is 11.6 Å². The molecular weight excluding hydrogens is 373 g/mol. The van der Waals surface area contributed by atoms with E-state index in [0.29, 0.717) is 28.9 Å². The number of aromatic nitrogens is 2. The van der Waals surface area contributed by atoms with Crippen LogP contribution in [-0.4, -0.2) is 22.3 Å². The van der Waals surface area contributed by atoms with Crippen molar-refractivity contribution in [2.45, 2.75) is 13.1 Å². The Morgan fingerprint density at radius 3 is 2.65 bits per heavy atom. The van der Waals surface area contributed by atoms with Gasteiger partial charge >= 0.3 is 0 Å². The zero-order chi connectivity index (χ0) is 18.4. The van der Waals surface area contributed by atoms with Crippen LogP contribution in [0, 0.1) is 0 Å². The van der Waals surface area contributed by atoms with Crippen molar-refractivity contribution in [3.05, 3.63) is 82.1 Å². The Hall–Kier alpha value is -2.50. The number of ether oxygens (including phenoxy) is 1. The highest BCUT2D eigenvalue weighted by Crippen LogP contribution is 2.27. The molecule has 0 atom stereocenters. The van der Waals surface area contributed by atoms with Crippen LogP contribution in [0.4, 0.5) is 0 Å². The highest BCUT2D eigenvalue weighted by atomic mass is 35.5. The maximum Gasteiger partial charge on any atom is 0.258 e. The molecule has 7 heteroatoms. The van der Waals surface area contributed by atoms with E-state index in [1.165, 1.54) is 0 Å². The van der Waals surface area contributed by atoms with E-state index in [1.54, 1.807) is 24.4 Å². The van der Waals surface area contributed by atoms with E-state index in [2.05, 4.69) is 10.4 Å². The first-order valence-electron chi connectivity index (χ1n) is 8.00. The second-order valence-corrected chi connectivity index (χ2v) is 6.46. The van der Waals surface area contributed by atoms with Gasteiger partial charge in [-0.15, -0.1) is 0 Å². The van der Waals surface area contributed by atoms with Crippen LogP contribution in [0.15, 0.2) is 60.9 Å². The Morgan fingerprint density at radius 1 is 1.12 bits per heavy atom. The van der Waals surface area contributed by atoms with Crippen LogP contribution >= 0.6 is 23.2 Å². The van der Waals surface area contributed by atoms with E-state index in [9.17, 15) is 4.79 Å². The molecule has 0 aliphatic heterocycles. The van der Waals surface area contributed by atoms with Crippen LogP contribution in [0.5, 0.6) is 5.75 Å². The summed E-state index contributed by atoms with van der Waals surface area (Å²) in [5.41, 5.74) is 2.12. The lowest BCUT2D eigenvalue weighted by molar-refractivity contribution is -0.123. The monoisotopic (exact) mass is 389 g/mol. The van der Waals surface area contributed by atoms with Gasteiger partial charge in [0.1, 0.15) is 5.75 Å². The summed E-state index contributed by atoms with van der Waals surface area (Å²) in [5, 5.41) is 7.95. The number of rotatable bonds is 7. The topological polar surface area (TPSA) is 56.1 Å². The summed E-state index contributed by atoms with van der Waals surface area (Å²) in [6, 6.07) is 14.7. The lowest BCUT2D eigenvalue weighted by atomic mass is 10.1. The molecule has 1 amide bonds. The third kappa shape index (κ3) is 5.00. The van der Waals surface area contributed by atoms with E-state index in [-0.39, 0.29) is 12.5 Å². The van der Waals surface area contributed by atoms with Crippen molar-refractivity contribution in [2.24, 2.45) is 0 Å². The van der Waals surface area contributed by atoms with Crippen LogP contribution in [0.3, 0.4) is 0 Å². The van der Waals surface area contributed by atoms with Crippen molar-refractivity contribution in [3.8, 4) is 5.75 Å². The fourth-order valence-corrected chi connectivity index (χ4v) is 2.90. The van der Waals surface area contributed by atoms with E-state index in [1.807, 2.05) is 41.2 Å². The predicted molar refractivity (Wildman–Crippen MR) is 102 cm³/mol. The second-order valence-electron chi connectivity index (χ2n) is 5.61. The number of nitrogens with zero attached hydrogens (tertiary/aromatic N) is 2. The molecule has 3 aromatic rings. The molecule has 2 aromatic carbocycles. The van der Waals surface area contributed by atoms with Gasteiger partial charge in [0.2, 0.25) is 0 Å². The van der Waals surface area contributed by atoms with Crippen molar-refractivity contribution in [2.75, 3.05) is 6.61 Å². The summed E-state index contributed by atoms with van der Waals surface area (Å²) in [7, 11) is 0. The SMILES string of the molecule is O=C(COc1ccc(Cl)cc1Cl)NCc1ccccc1Cn1cccn1. The van der Waals surface area contributed by atoms with Gasteiger partial charge in [0.25, 0.3) is 5.91 Å². The first-order valence-corrected chi connectivity index (χ1v) is 8.76. The fourth-order valence-electron chi connectivity index (χ4n) is 2.43. The van der Waals surface area contributed by atoms with Gasteiger partial charge in [0, 0.05) is 24.0 Å². The lowest BCUT2D eigenvalue weighted by Crippen LogP contribution is -2.29. The molecule has 0 saturated heterocycles. The van der Waals surface area contributed by atoms with Crippen molar-refractivity contribution in [1.29, 1.82) is 0 Å². The summed E-state index contributed by atoms with van der Waals surface area (Å²) in [4.78, 5) is 12.1. The highest BCUT2D eigenvalue weighted by Gasteiger charge is 2.08. The molecule has 5 nitrogen and oxygen atoms in total. The van der Waals surface area contributed by atoms with Gasteiger partial charge in [-0.1, -0.05) is 47.5 Å². The number of halogens is 2. The van der Waals surface area contributed by atoms with Crippen LogP contribution in [-0.2, 0) is 17.9 Å². The number of hydrogen-bond donors (Lipinski definition) is 1. The first kappa shape index (κ1) is 18.3. The minimum Gasteiger partial charge on any atom is -0.482 e. The van der Waals surface area contributed by atoms with Gasteiger partial charge in [-0.3, -0.25) is 9.48 Å². The van der Waals surface area contributed by atoms with Gasteiger partial charge < -0.3 is 10.1 Å². The average molecular weight is 390 g/mol. The minimum absolute atomic E-state index is 0.122. The number of nitrogens with one attached hydrogen (secondary N) is 1. The molecule has 134 valence electrons. The molecule has 0 radical (unpaired) electrons. The molecule has 0 aliphatic carbocycles. The highest BCUT2D eigenvalue weighted by molar-refractivity contribution is 6.35. The molecule has 0 bridgehead atoms. The molecule has 1 heterocycles. The van der Waals surface area contributed by atoms with Gasteiger partial charge in [-0.25, -0.2) is 0 Å². The molecule has 1 N–H and O–H groups in total. The minimum atomic E-state index is -0.232. The fraction of sp³-hybridized carbons (Fsp3) is 0.158. The smallest absolute Gasteiger partial charge is 0.258 e. The Labute approximate surface area is 161 Å². The van der Waals surface area contributed by atoms with E-state index < -0.39 is 0 Å². The van der Waals surface area contributed by atoms with Gasteiger partial charge in [0.15, 0.2) is 6.61 Å². The zero-order valence-corrected chi connectivity index (χ0v) is 15.4. The number of carbonyl (C=O) groups is 1. The van der Waals surface area contributed by atoms with E-state index in [4.69, 9.17) is 27.9 Å². The summed E-state index contributed by atoms with van der Waals surface area (Å²) in [5.74, 6) is 0.190. The standard InChI is InChI=1S/C19H17Cl2N3O2/c20-16-6-7-18(17(21)10-16)26-13-19(25)22-11-14-4-1-2-5-15(14)12-24-9-3-8-23-24/h1-10H,11-13H2,(H,22,25). The molecule has 0 spiro atoms. The van der Waals surface area contributed by atoms with Crippen LogP contribution in [0.2, 0.25) is 10.0 Å². The predicted octanol–water partition coefficient (Wildman–Crippen LogP) is 3.93. The average Bonchev–Trinajstić information content (AvgIpc) is 3.13. The van der Waals surface area contributed by atoms with Crippen molar-refractivity contribution in [3.63, 3.8) is 0 Å². The maximum atomic E-state index is 12.1. The summed E-state index contributed by atoms with van der Waals surface area (Å²) in [6.45, 7) is 0.937. The number of benzene rings is 2. The molecule has 0 unspecified atom stereocenters. The summed E-state index contributed by atoms with van der Waals surface area (Å²) >= 11 is 11.9. The number of carbonyl (C=O) groups excluding carboxylic acids is 1. The van der Waals surface area contributed by atoms with Crippen LogP contribution in [0.25, 0.3) is 0 Å². The van der Waals surface area contributed by atoms with Crippen molar-refractivity contribution in [1.82, 2.24) is 15.1 Å². The third-order valence-corrected chi connectivity index (χ3v) is 4.27. The van der Waals surface area contributed by atoms with Crippen molar-refractivity contribution >= 4 is 29.1 Å². The Kier molecular flexibility index (Phi) is 6.15. The van der Waals surface area contributed by atoms with Crippen LogP contribution in [0.1, 0.15) is 11.1 Å². The third-order valence-electron chi connectivity index (χ3n) is 3.74. The van der Waals surface area contributed by atoms with E-state index in [0.717, 1.165) is 11.1 Å². The number of hydrogen-bond acceptors (Lipinski definition) is 3. The molecule has 0 aliphatic rings. The first-order chi connectivity index (χ1) is 12.6. The summed E-state index contributed by atoms with van der Waals surface area (Å²) < 4.78 is 7.28. The summed E-state index contributed by atoms with van der Waals surface area (Å²) in [6.07, 6.45) is 3.64. The molecule has 1 aromatic heterocycles. The Morgan fingerprint density at radius 2 is 1.92 bits per heavy atom. The molecule has 3 rings (SSSR count). The maximum absolute atomic E-state index is 12.1. The zero-order valence-electron chi connectivity index (χ0n) is 13.9. The van der Waals surface area contributed by atoms with Gasteiger partial charge in [-0.2, -0.15) is 5.10 Å². The largest absolute Gasteiger partial charge is 0.482 e. The van der Waals surface area contributed by atoms with Crippen molar-refractivity contribution < 1.29 is 9.53 Å². The second kappa shape index (κ2) is 8.74. The van der Waals surface area contributed by atoms with E-state index >= 15 is 0 Å². The lowest BCUT2D eigenvalue weighted by Gasteiger charge is -2.12. The normalized spacial score (nSPS) is 10.5. The molecular formula is C19H17Cl2N3O2. The quantitative estimate of drug-likeness (QED) is 0.665. The van der Waals surface area contributed by atoms with Gasteiger partial charge in [-0.05, 0) is 35.4 Å². The molecule has 26 heavy (non-hydrogen) atoms. The number of amides is 1. The van der Waals surface area contributed by atoms with Crippen LogP contribution < -0.4 is 10.1 Å². The molecule has 0 fully saturated rings. The Bertz CT molecular complexity index is 882. The Balaban J connectivity index is 1.54.